The Balaban J connectivity index is 1.78. The quantitative estimate of drug-likeness (QED) is 0.00682. The van der Waals surface area contributed by atoms with Crippen LogP contribution in [0.2, 0.25) is 0 Å². The lowest BCUT2D eigenvalue weighted by Gasteiger charge is -2.49. The van der Waals surface area contributed by atoms with Gasteiger partial charge in [-0.25, -0.2) is 9.36 Å². The van der Waals surface area contributed by atoms with Gasteiger partial charge in [0.2, 0.25) is 0 Å². The fraction of sp³-hybridized carbons (Fsp3) is 0.896. The number of aliphatic hydroxyl groups excluding tert-OH is 10. The van der Waals surface area contributed by atoms with E-state index in [1.54, 1.807) is 6.08 Å². The number of phosphoric ester groups is 1. The Bertz CT molecular complexity index is 2020. The van der Waals surface area contributed by atoms with Crippen molar-refractivity contribution >= 4 is 25.7 Å². The number of hydrogen-bond donors (Lipinski definition) is 11. The third-order valence-corrected chi connectivity index (χ3v) is 18.3. The molecule has 92 heavy (non-hydrogen) atoms. The van der Waals surface area contributed by atoms with E-state index in [0.717, 1.165) is 96.0 Å². The predicted molar refractivity (Wildman–Crippen MR) is 342 cm³/mol. The minimum absolute atomic E-state index is 0.0279. The van der Waals surface area contributed by atoms with E-state index in [4.69, 9.17) is 42.2 Å². The number of allylic oxidation sites excluding steroid dienone is 3. The zero-order valence-electron chi connectivity index (χ0n) is 55.6. The van der Waals surface area contributed by atoms with Crippen molar-refractivity contribution in [2.45, 2.75) is 356 Å². The standard InChI is InChI=1S/C67H121O24P/c1-4-7-10-13-16-19-22-23-24-25-28-30-32-35-38-41-51(69)83-45-48(86-53(71)43-40-37-34-31-27-21-18-15-12-9-6-3)46-85-92(81,82)91-65-63(89-66-61(79)56(74)54(72)49(44-68)87-66)59(77)58(76)60(78)64(65)90-67-62(80)57(75)55(73)50(88-67)47-84-52(70)42-39-36-33-29-26-20-17-14-11-8-5-2/h32,35,38,41,48-50,54-68,72-80H,4-31,33-34,36-37,39-40,42-47H2,1-3H3,(H,81,82)/b35-32+,41-38+. The summed E-state index contributed by atoms with van der Waals surface area (Å²) in [4.78, 5) is 50.6. The largest absolute Gasteiger partial charge is 0.472 e. The van der Waals surface area contributed by atoms with Crippen LogP contribution in [0.4, 0.5) is 0 Å². The van der Waals surface area contributed by atoms with Gasteiger partial charge in [0, 0.05) is 18.9 Å². The molecule has 18 unspecified atom stereocenters. The second-order valence-electron chi connectivity index (χ2n) is 25.3. The Kier molecular flexibility index (Phi) is 45.4. The van der Waals surface area contributed by atoms with Crippen LogP contribution in [0.3, 0.4) is 0 Å². The third-order valence-electron chi connectivity index (χ3n) is 17.3. The molecule has 3 fully saturated rings. The summed E-state index contributed by atoms with van der Waals surface area (Å²) < 4.78 is 64.6. The first-order chi connectivity index (χ1) is 44.3. The highest BCUT2D eigenvalue weighted by molar-refractivity contribution is 7.47. The fourth-order valence-corrected chi connectivity index (χ4v) is 12.5. The van der Waals surface area contributed by atoms with E-state index in [1.165, 1.54) is 122 Å². The van der Waals surface area contributed by atoms with Crippen LogP contribution in [-0.4, -0.2) is 204 Å². The summed E-state index contributed by atoms with van der Waals surface area (Å²) in [5, 5.41) is 110. The summed E-state index contributed by atoms with van der Waals surface area (Å²) in [6.45, 7) is 3.27. The van der Waals surface area contributed by atoms with Crippen molar-refractivity contribution in [3.63, 3.8) is 0 Å². The lowest BCUT2D eigenvalue weighted by molar-refractivity contribution is -0.360. The third kappa shape index (κ3) is 33.6. The van der Waals surface area contributed by atoms with E-state index in [-0.39, 0.29) is 12.8 Å². The molecule has 18 atom stereocenters. The van der Waals surface area contributed by atoms with Crippen LogP contribution >= 0.6 is 7.82 Å². The zero-order chi connectivity index (χ0) is 67.5. The Morgan fingerprint density at radius 3 is 1.28 bits per heavy atom. The average molecular weight is 1340 g/mol. The lowest BCUT2D eigenvalue weighted by atomic mass is 9.84. The highest BCUT2D eigenvalue weighted by Gasteiger charge is 2.58. The molecular weight excluding hydrogens is 1220 g/mol. The van der Waals surface area contributed by atoms with Gasteiger partial charge in [0.05, 0.1) is 13.2 Å². The number of esters is 3. The first kappa shape index (κ1) is 83.7. The van der Waals surface area contributed by atoms with Crippen molar-refractivity contribution < 1.29 is 117 Å². The highest BCUT2D eigenvalue weighted by Crippen LogP contribution is 2.49. The van der Waals surface area contributed by atoms with E-state index in [2.05, 4.69) is 20.8 Å². The van der Waals surface area contributed by atoms with Crippen molar-refractivity contribution in [2.75, 3.05) is 26.4 Å². The number of ether oxygens (including phenoxy) is 7. The number of aliphatic hydroxyl groups is 10. The molecule has 0 aromatic carbocycles. The molecule has 24 nitrogen and oxygen atoms in total. The number of phosphoric acid groups is 1. The Labute approximate surface area is 547 Å². The molecule has 11 N–H and O–H groups in total. The fourth-order valence-electron chi connectivity index (χ4n) is 11.6. The number of unbranched alkanes of at least 4 members (excludes halogenated alkanes) is 31. The van der Waals surface area contributed by atoms with Gasteiger partial charge in [-0.2, -0.15) is 0 Å². The van der Waals surface area contributed by atoms with Crippen molar-refractivity contribution in [3.8, 4) is 0 Å². The smallest absolute Gasteiger partial charge is 0.463 e. The van der Waals surface area contributed by atoms with E-state index in [1.807, 2.05) is 6.08 Å². The van der Waals surface area contributed by atoms with Gasteiger partial charge in [-0.15, -0.1) is 0 Å². The maximum atomic E-state index is 14.3. The van der Waals surface area contributed by atoms with E-state index < -0.39 is 156 Å². The molecule has 3 aliphatic rings. The van der Waals surface area contributed by atoms with Crippen molar-refractivity contribution in [1.82, 2.24) is 0 Å². The molecule has 1 saturated carbocycles. The molecule has 0 bridgehead atoms. The summed E-state index contributed by atoms with van der Waals surface area (Å²) in [5.74, 6) is -2.25. The van der Waals surface area contributed by atoms with E-state index >= 15 is 0 Å². The van der Waals surface area contributed by atoms with E-state index in [0.29, 0.717) is 12.8 Å². The van der Waals surface area contributed by atoms with Gasteiger partial charge in [-0.3, -0.25) is 18.6 Å². The molecular formula is C67H121O24P. The maximum Gasteiger partial charge on any atom is 0.472 e. The average Bonchev–Trinajstić information content (AvgIpc) is 0.783. The number of carbonyl (C=O) groups is 3. The molecule has 2 saturated heterocycles. The zero-order valence-corrected chi connectivity index (χ0v) is 56.5. The first-order valence-electron chi connectivity index (χ1n) is 35.2. The molecule has 2 heterocycles. The van der Waals surface area contributed by atoms with Crippen LogP contribution in [0.1, 0.15) is 252 Å². The van der Waals surface area contributed by atoms with Crippen LogP contribution in [0.5, 0.6) is 0 Å². The minimum atomic E-state index is -5.71. The normalized spacial score (nSPS) is 28.8. The molecule has 2 aliphatic heterocycles. The Morgan fingerprint density at radius 1 is 0.446 bits per heavy atom. The van der Waals surface area contributed by atoms with Gasteiger partial charge in [-0.05, 0) is 25.7 Å². The van der Waals surface area contributed by atoms with Gasteiger partial charge in [0.1, 0.15) is 98.7 Å². The van der Waals surface area contributed by atoms with E-state index in [9.17, 15) is 74.9 Å². The van der Waals surface area contributed by atoms with Gasteiger partial charge < -0.3 is 89.1 Å². The first-order valence-corrected chi connectivity index (χ1v) is 36.7. The molecule has 0 aromatic rings. The SMILES string of the molecule is CCCCCCCCCCCCC/C=C/C=C/C(=O)OCC(COP(=O)(O)OC1C(OC2OC(CO)C(O)C(O)C2O)C(O)C(O)C(O)C1OC1OC(COC(=O)CCCCCCCCCCCCC)C(O)C(O)C1O)OC(=O)CCCCCCCCCCCCC. The second kappa shape index (κ2) is 49.9. The number of carbonyl (C=O) groups excluding carboxylic acids is 3. The van der Waals surface area contributed by atoms with Crippen LogP contribution < -0.4 is 0 Å². The molecule has 3 rings (SSSR count). The van der Waals surface area contributed by atoms with Crippen molar-refractivity contribution in [3.05, 3.63) is 24.3 Å². The Morgan fingerprint density at radius 2 is 0.837 bits per heavy atom. The molecule has 0 radical (unpaired) electrons. The molecule has 0 amide bonds. The monoisotopic (exact) mass is 1340 g/mol. The number of hydrogen-bond acceptors (Lipinski definition) is 23. The molecule has 0 spiro atoms. The minimum Gasteiger partial charge on any atom is -0.463 e. The van der Waals surface area contributed by atoms with Crippen molar-refractivity contribution in [2.24, 2.45) is 0 Å². The molecule has 0 aromatic heterocycles. The predicted octanol–water partition coefficient (Wildman–Crippen LogP) is 8.18. The molecule has 538 valence electrons. The lowest BCUT2D eigenvalue weighted by Crippen LogP contribution is -2.69. The molecule has 1 aliphatic carbocycles. The summed E-state index contributed by atoms with van der Waals surface area (Å²) in [6, 6.07) is 0. The summed E-state index contributed by atoms with van der Waals surface area (Å²) in [5.41, 5.74) is 0. The van der Waals surface area contributed by atoms with Gasteiger partial charge in [0.25, 0.3) is 0 Å². The highest BCUT2D eigenvalue weighted by atomic mass is 31.2. The van der Waals surface area contributed by atoms with Crippen LogP contribution in [0.15, 0.2) is 24.3 Å². The summed E-state index contributed by atoms with van der Waals surface area (Å²) >= 11 is 0. The van der Waals surface area contributed by atoms with Gasteiger partial charge in [0.15, 0.2) is 18.7 Å². The van der Waals surface area contributed by atoms with Crippen LogP contribution in [0, 0.1) is 0 Å². The molecule has 25 heteroatoms. The summed E-state index contributed by atoms with van der Waals surface area (Å²) in [7, 11) is -5.71. The summed E-state index contributed by atoms with van der Waals surface area (Å²) in [6.07, 6.45) is 7.88. The van der Waals surface area contributed by atoms with Crippen LogP contribution in [-0.2, 0) is 61.2 Å². The van der Waals surface area contributed by atoms with Gasteiger partial charge in [-0.1, -0.05) is 232 Å². The topological polar surface area (TPSA) is 374 Å². The van der Waals surface area contributed by atoms with Crippen LogP contribution in [0.25, 0.3) is 0 Å². The Hall–Kier alpha value is -2.56. The number of rotatable bonds is 53. The second-order valence-corrected chi connectivity index (χ2v) is 26.7. The maximum absolute atomic E-state index is 14.3. The van der Waals surface area contributed by atoms with Crippen molar-refractivity contribution in [1.29, 1.82) is 0 Å². The van der Waals surface area contributed by atoms with Gasteiger partial charge >= 0.3 is 25.7 Å².